The lowest BCUT2D eigenvalue weighted by atomic mass is 9.95. The number of anilines is 3. The molecule has 0 aliphatic carbocycles. The molecule has 2 aromatic carbocycles. The van der Waals surface area contributed by atoms with E-state index in [0.717, 1.165) is 0 Å². The van der Waals surface area contributed by atoms with Gasteiger partial charge in [0.05, 0.1) is 22.3 Å². The summed E-state index contributed by atoms with van der Waals surface area (Å²) in [5.41, 5.74) is 13.7. The van der Waals surface area contributed by atoms with Crippen molar-refractivity contribution >= 4 is 45.2 Å². The number of nitrogens with two attached hydrogens (primary N) is 2. The number of hydrogen-bond donors (Lipinski definition) is 4. The van der Waals surface area contributed by atoms with Crippen molar-refractivity contribution in [3.8, 4) is 23.8 Å². The number of nitrogens with zero attached hydrogens (tertiary/aromatic N) is 4. The van der Waals surface area contributed by atoms with Crippen molar-refractivity contribution < 1.29 is 14.3 Å². The van der Waals surface area contributed by atoms with Gasteiger partial charge in [0.2, 0.25) is 5.96 Å². The molecule has 180 valence electrons. The lowest BCUT2D eigenvalue weighted by Gasteiger charge is -2.27. The van der Waals surface area contributed by atoms with Crippen LogP contribution in [0.3, 0.4) is 0 Å². The Labute approximate surface area is 214 Å². The number of nitriles is 2. The lowest BCUT2D eigenvalue weighted by molar-refractivity contribution is 0.0727. The van der Waals surface area contributed by atoms with Crippen molar-refractivity contribution in [1.82, 2.24) is 10.3 Å². The molecule has 11 nitrogen and oxygen atoms in total. The van der Waals surface area contributed by atoms with E-state index in [4.69, 9.17) is 26.2 Å². The number of fused-ring (bicyclic) bond motifs is 1. The van der Waals surface area contributed by atoms with Gasteiger partial charge < -0.3 is 26.3 Å². The zero-order chi connectivity index (χ0) is 25.8. The number of pyridine rings is 1. The summed E-state index contributed by atoms with van der Waals surface area (Å²) in [4.78, 5) is 21.5. The van der Waals surface area contributed by atoms with Gasteiger partial charge in [-0.2, -0.15) is 10.5 Å². The van der Waals surface area contributed by atoms with Crippen LogP contribution in [0.5, 0.6) is 11.5 Å². The molecular weight excluding hydrogens is 528 g/mol. The van der Waals surface area contributed by atoms with Crippen LogP contribution in [0.2, 0.25) is 0 Å². The quantitative estimate of drug-likeness (QED) is 0.160. The highest BCUT2D eigenvalue weighted by Crippen LogP contribution is 2.45. The van der Waals surface area contributed by atoms with Gasteiger partial charge in [-0.3, -0.25) is 5.32 Å². The largest absolute Gasteiger partial charge is 0.490 e. The predicted octanol–water partition coefficient (Wildman–Crippen LogP) is 3.44. The number of nitrogen functional groups attached to an aromatic ring is 2. The SMILES string of the molecule is CCOc1cc(C2N=C(NC#N)Nc3nc(N)c(C#N)c(N)c32)cc(Br)c1OC(=O)c1ccccc1. The average Bonchev–Trinajstić information content (AvgIpc) is 2.86. The fourth-order valence-corrected chi connectivity index (χ4v) is 4.20. The minimum absolute atomic E-state index is 0.0185. The van der Waals surface area contributed by atoms with E-state index in [-0.39, 0.29) is 47.0 Å². The van der Waals surface area contributed by atoms with Gasteiger partial charge in [0.25, 0.3) is 0 Å². The molecule has 0 spiro atoms. The van der Waals surface area contributed by atoms with Crippen LogP contribution < -0.4 is 31.6 Å². The van der Waals surface area contributed by atoms with Gasteiger partial charge in [-0.25, -0.2) is 14.8 Å². The molecule has 0 amide bonds. The average molecular weight is 547 g/mol. The molecule has 4 rings (SSSR count). The molecule has 0 fully saturated rings. The highest BCUT2D eigenvalue weighted by Gasteiger charge is 2.31. The van der Waals surface area contributed by atoms with Crippen molar-refractivity contribution in [1.29, 1.82) is 10.5 Å². The number of benzene rings is 2. The lowest BCUT2D eigenvalue weighted by Crippen LogP contribution is -2.32. The Morgan fingerprint density at radius 2 is 2.00 bits per heavy atom. The normalized spacial score (nSPS) is 13.8. The van der Waals surface area contributed by atoms with Gasteiger partial charge >= 0.3 is 5.97 Å². The number of nitrogens with one attached hydrogen (secondary N) is 2. The Morgan fingerprint density at radius 1 is 1.25 bits per heavy atom. The number of carbonyl (C=O) groups excluding carboxylic acids is 1. The first-order chi connectivity index (χ1) is 17.4. The molecule has 3 aromatic rings. The number of aromatic nitrogens is 1. The van der Waals surface area contributed by atoms with Gasteiger partial charge in [0, 0.05) is 5.56 Å². The molecule has 12 heteroatoms. The van der Waals surface area contributed by atoms with Crippen LogP contribution in [0.1, 0.15) is 40.0 Å². The summed E-state index contributed by atoms with van der Waals surface area (Å²) in [5, 5.41) is 24.0. The van der Waals surface area contributed by atoms with Crippen LogP contribution in [0.15, 0.2) is 51.9 Å². The number of carbonyl (C=O) groups is 1. The number of rotatable bonds is 5. The van der Waals surface area contributed by atoms with E-state index in [1.54, 1.807) is 55.6 Å². The Hall–Kier alpha value is -4.81. The van der Waals surface area contributed by atoms with E-state index in [0.29, 0.717) is 21.2 Å². The second kappa shape index (κ2) is 10.2. The Bertz CT molecular complexity index is 1460. The van der Waals surface area contributed by atoms with Crippen molar-refractivity contribution in [3.05, 3.63) is 69.2 Å². The number of guanidine groups is 1. The summed E-state index contributed by atoms with van der Waals surface area (Å²) in [6, 6.07) is 13.1. The van der Waals surface area contributed by atoms with E-state index >= 15 is 0 Å². The number of halogens is 1. The summed E-state index contributed by atoms with van der Waals surface area (Å²) < 4.78 is 11.9. The maximum absolute atomic E-state index is 12.7. The molecule has 0 saturated carbocycles. The van der Waals surface area contributed by atoms with E-state index in [1.807, 2.05) is 6.07 Å². The number of aliphatic imine (C=N–C) groups is 1. The summed E-state index contributed by atoms with van der Waals surface area (Å²) in [6.07, 6.45) is 1.80. The van der Waals surface area contributed by atoms with Crippen molar-refractivity contribution in [2.24, 2.45) is 4.99 Å². The molecule has 0 saturated heterocycles. The van der Waals surface area contributed by atoms with E-state index in [2.05, 4.69) is 36.5 Å². The van der Waals surface area contributed by atoms with Crippen molar-refractivity contribution in [2.45, 2.75) is 13.0 Å². The molecule has 1 unspecified atom stereocenters. The molecule has 6 N–H and O–H groups in total. The number of hydrogen-bond acceptors (Lipinski definition) is 11. The predicted molar refractivity (Wildman–Crippen MR) is 136 cm³/mol. The zero-order valence-electron chi connectivity index (χ0n) is 18.9. The topological polar surface area (TPSA) is 184 Å². The molecule has 2 heterocycles. The molecule has 1 aromatic heterocycles. The van der Waals surface area contributed by atoms with Gasteiger partial charge in [-0.15, -0.1) is 0 Å². The summed E-state index contributed by atoms with van der Waals surface area (Å²) >= 11 is 3.47. The molecular formula is C24H19BrN8O3. The van der Waals surface area contributed by atoms with Crippen molar-refractivity contribution in [2.75, 3.05) is 23.4 Å². The van der Waals surface area contributed by atoms with E-state index in [1.165, 1.54) is 0 Å². The van der Waals surface area contributed by atoms with Gasteiger partial charge in [0.15, 0.2) is 17.7 Å². The van der Waals surface area contributed by atoms with Crippen LogP contribution in [0.25, 0.3) is 0 Å². The Balaban J connectivity index is 1.84. The van der Waals surface area contributed by atoms with Gasteiger partial charge in [-0.1, -0.05) is 18.2 Å². The first-order valence-electron chi connectivity index (χ1n) is 10.6. The van der Waals surface area contributed by atoms with Crippen LogP contribution >= 0.6 is 15.9 Å². The summed E-state index contributed by atoms with van der Waals surface area (Å²) in [5.74, 6) is 0.203. The third-order valence-electron chi connectivity index (χ3n) is 5.21. The smallest absolute Gasteiger partial charge is 0.343 e. The standard InChI is InChI=1S/C24H19BrN8O3/c1-2-35-16-9-13(8-15(25)20(16)36-23(34)12-6-4-3-5-7-12)19-17-18(28)14(10-26)21(29)32-22(17)33-24(31-19)30-11-27/h3-9,19H,2H2,1H3,(H6,28,29,30,31,32,33). The van der Waals surface area contributed by atoms with E-state index < -0.39 is 12.0 Å². The summed E-state index contributed by atoms with van der Waals surface area (Å²) in [6.45, 7) is 2.08. The second-order valence-electron chi connectivity index (χ2n) is 7.42. The fourth-order valence-electron chi connectivity index (χ4n) is 3.66. The molecule has 0 bridgehead atoms. The monoisotopic (exact) mass is 546 g/mol. The molecule has 0 radical (unpaired) electrons. The molecule has 1 atom stereocenters. The molecule has 1 aliphatic rings. The van der Waals surface area contributed by atoms with Crippen LogP contribution in [0.4, 0.5) is 17.3 Å². The maximum atomic E-state index is 12.7. The summed E-state index contributed by atoms with van der Waals surface area (Å²) in [7, 11) is 0. The number of esters is 1. The minimum atomic E-state index is -0.799. The van der Waals surface area contributed by atoms with Crippen LogP contribution in [-0.4, -0.2) is 23.5 Å². The minimum Gasteiger partial charge on any atom is -0.490 e. The second-order valence-corrected chi connectivity index (χ2v) is 8.27. The van der Waals surface area contributed by atoms with E-state index in [9.17, 15) is 10.1 Å². The number of ether oxygens (including phenoxy) is 2. The highest BCUT2D eigenvalue weighted by molar-refractivity contribution is 9.10. The fraction of sp³-hybridized carbons (Fsp3) is 0.125. The molecule has 36 heavy (non-hydrogen) atoms. The first kappa shape index (κ1) is 24.3. The molecule has 1 aliphatic heterocycles. The van der Waals surface area contributed by atoms with Crippen LogP contribution in [-0.2, 0) is 0 Å². The maximum Gasteiger partial charge on any atom is 0.343 e. The zero-order valence-corrected chi connectivity index (χ0v) is 20.5. The Kier molecular flexibility index (Phi) is 6.90. The first-order valence-corrected chi connectivity index (χ1v) is 11.4. The third-order valence-corrected chi connectivity index (χ3v) is 5.80. The van der Waals surface area contributed by atoms with Crippen LogP contribution in [0, 0.1) is 22.8 Å². The van der Waals surface area contributed by atoms with Crippen molar-refractivity contribution in [3.63, 3.8) is 0 Å². The Morgan fingerprint density at radius 3 is 2.67 bits per heavy atom. The third kappa shape index (κ3) is 4.58. The van der Waals surface area contributed by atoms with Gasteiger partial charge in [0.1, 0.15) is 29.3 Å². The van der Waals surface area contributed by atoms with Gasteiger partial charge in [-0.05, 0) is 52.7 Å². The highest BCUT2D eigenvalue weighted by atomic mass is 79.9.